The molecule has 270 valence electrons. The first-order chi connectivity index (χ1) is 20.9. The number of hydrogen-bond acceptors (Lipinski definition) is 9. The van der Waals surface area contributed by atoms with E-state index in [2.05, 4.69) is 20.8 Å². The van der Waals surface area contributed by atoms with Gasteiger partial charge in [-0.25, -0.2) is 0 Å². The summed E-state index contributed by atoms with van der Waals surface area (Å²) in [6, 6.07) is 4.01. The summed E-state index contributed by atoms with van der Waals surface area (Å²) in [6.45, 7) is 6.41. The molecule has 0 radical (unpaired) electrons. The lowest BCUT2D eigenvalue weighted by Crippen LogP contribution is -2.03. The predicted octanol–water partition coefficient (Wildman–Crippen LogP) is 7.51. The molecule has 0 aliphatic carbocycles. The monoisotopic (exact) mass is 708 g/mol. The maximum Gasteiger partial charge on any atom is 0.264 e. The molecule has 0 aliphatic heterocycles. The van der Waals surface area contributed by atoms with Crippen LogP contribution in [0.1, 0.15) is 136 Å². The third-order valence-corrected chi connectivity index (χ3v) is 8.67. The van der Waals surface area contributed by atoms with Crippen molar-refractivity contribution in [3.05, 3.63) is 18.2 Å². The highest BCUT2D eigenvalue weighted by Crippen LogP contribution is 2.32. The molecule has 0 unspecified atom stereocenters. The van der Waals surface area contributed by atoms with Gasteiger partial charge in [-0.1, -0.05) is 123 Å². The molecular weight excluding hydrogens is 649 g/mol. The quantitative estimate of drug-likeness (QED) is 0.0415. The molecule has 15 heteroatoms. The smallest absolute Gasteiger partial charge is 0.264 e. The van der Waals surface area contributed by atoms with Crippen molar-refractivity contribution < 1.29 is 54.2 Å². The van der Waals surface area contributed by atoms with Crippen molar-refractivity contribution in [1.29, 1.82) is 0 Å². The fourth-order valence-electron chi connectivity index (χ4n) is 3.71. The van der Waals surface area contributed by atoms with E-state index >= 15 is 0 Å². The number of para-hydroxylation sites is 1. The van der Waals surface area contributed by atoms with Crippen LogP contribution in [-0.4, -0.2) is 71.5 Å². The van der Waals surface area contributed by atoms with Gasteiger partial charge in [0.25, 0.3) is 30.4 Å². The van der Waals surface area contributed by atoms with Crippen molar-refractivity contribution in [2.75, 3.05) is 17.3 Å². The minimum atomic E-state index is -3.72. The lowest BCUT2D eigenvalue weighted by Gasteiger charge is -1.98. The zero-order chi connectivity index (χ0) is 35.2. The molecule has 0 amide bonds. The Bertz CT molecular complexity index is 1010. The van der Waals surface area contributed by atoms with Crippen molar-refractivity contribution in [2.24, 2.45) is 0 Å². The minimum absolute atomic E-state index is 0.0842. The Morgan fingerprint density at radius 2 is 0.644 bits per heavy atom. The Kier molecular flexibility index (Phi) is 31.6. The van der Waals surface area contributed by atoms with Crippen molar-refractivity contribution >= 4 is 30.4 Å². The Morgan fingerprint density at radius 1 is 0.422 bits per heavy atom. The van der Waals surface area contributed by atoms with Crippen LogP contribution in [-0.2, 0) is 30.4 Å². The fraction of sp³-hybridized carbons (Fsp3) is 0.800. The van der Waals surface area contributed by atoms with Crippen LogP contribution >= 0.6 is 0 Å². The molecule has 0 aliphatic rings. The van der Waals surface area contributed by atoms with Crippen molar-refractivity contribution in [1.82, 2.24) is 0 Å². The molecule has 12 nitrogen and oxygen atoms in total. The van der Waals surface area contributed by atoms with E-state index in [1.807, 2.05) is 0 Å². The molecule has 1 aromatic rings. The Labute approximate surface area is 272 Å². The molecule has 0 bridgehead atoms. The third kappa shape index (κ3) is 44.5. The number of hydrogen-bond donors (Lipinski definition) is 6. The molecule has 6 N–H and O–H groups in total. The van der Waals surface area contributed by atoms with E-state index in [9.17, 15) is 25.3 Å². The second-order valence-electron chi connectivity index (χ2n) is 10.8. The highest BCUT2D eigenvalue weighted by molar-refractivity contribution is 7.86. The SMILES string of the molecule is CCCCCCCCS(=O)(=O)O.CCCCCCCCS(=O)(=O)O.CCCCCCCCS(=O)(=O)O.Oc1cccc(O)c1O. The number of unbranched alkanes of at least 4 members (excludes halogenated alkanes) is 15. The molecule has 0 aromatic heterocycles. The molecule has 0 saturated heterocycles. The Balaban J connectivity index is -0.000000525. The number of benzene rings is 1. The van der Waals surface area contributed by atoms with Gasteiger partial charge in [0.2, 0.25) is 0 Å². The zero-order valence-electron chi connectivity index (χ0n) is 27.4. The molecule has 0 atom stereocenters. The van der Waals surface area contributed by atoms with Gasteiger partial charge >= 0.3 is 0 Å². The molecule has 0 fully saturated rings. The average Bonchev–Trinajstić information content (AvgIpc) is 2.92. The van der Waals surface area contributed by atoms with Gasteiger partial charge in [-0.2, -0.15) is 25.3 Å². The van der Waals surface area contributed by atoms with E-state index in [1.54, 1.807) is 0 Å². The van der Waals surface area contributed by atoms with Gasteiger partial charge in [0, 0.05) is 0 Å². The second-order valence-corrected chi connectivity index (χ2v) is 15.5. The number of phenols is 3. The largest absolute Gasteiger partial charge is 0.504 e. The molecule has 1 aromatic carbocycles. The van der Waals surface area contributed by atoms with Crippen LogP contribution in [0, 0.1) is 0 Å². The second kappa shape index (κ2) is 29.7. The molecular formula is C30H60O12S3. The molecule has 0 saturated carbocycles. The van der Waals surface area contributed by atoms with Gasteiger partial charge < -0.3 is 15.3 Å². The van der Waals surface area contributed by atoms with Crippen LogP contribution < -0.4 is 0 Å². The highest BCUT2D eigenvalue weighted by Gasteiger charge is 2.04. The average molecular weight is 709 g/mol. The Morgan fingerprint density at radius 3 is 0.844 bits per heavy atom. The molecule has 0 spiro atoms. The number of rotatable bonds is 21. The zero-order valence-corrected chi connectivity index (χ0v) is 29.9. The van der Waals surface area contributed by atoms with E-state index in [0.29, 0.717) is 19.3 Å². The summed E-state index contributed by atoms with van der Waals surface area (Å²) in [5, 5.41) is 26.1. The van der Waals surface area contributed by atoms with E-state index in [0.717, 1.165) is 38.5 Å². The molecule has 45 heavy (non-hydrogen) atoms. The first-order valence-electron chi connectivity index (χ1n) is 15.9. The van der Waals surface area contributed by atoms with Crippen LogP contribution in [0.5, 0.6) is 17.2 Å². The van der Waals surface area contributed by atoms with E-state index in [-0.39, 0.29) is 28.8 Å². The topological polar surface area (TPSA) is 224 Å². The summed E-state index contributed by atoms with van der Waals surface area (Å²) in [4.78, 5) is 0. The van der Waals surface area contributed by atoms with Crippen LogP contribution in [0.15, 0.2) is 18.2 Å². The van der Waals surface area contributed by atoms with Crippen molar-refractivity contribution in [3.63, 3.8) is 0 Å². The number of phenolic OH excluding ortho intramolecular Hbond substituents is 3. The van der Waals surface area contributed by atoms with Gasteiger partial charge in [-0.05, 0) is 31.4 Å². The van der Waals surface area contributed by atoms with Crippen molar-refractivity contribution in [3.8, 4) is 17.2 Å². The van der Waals surface area contributed by atoms with Gasteiger partial charge in [-0.15, -0.1) is 0 Å². The summed E-state index contributed by atoms with van der Waals surface area (Å²) in [5.41, 5.74) is 0. The first-order valence-corrected chi connectivity index (χ1v) is 20.8. The summed E-state index contributed by atoms with van der Waals surface area (Å²) in [5.74, 6) is -1.35. The standard InChI is InChI=1S/3C8H18O3S.C6H6O3/c3*1-2-3-4-5-6-7-8-12(9,10)11;7-4-2-1-3-5(8)6(4)9/h3*2-8H2,1H3,(H,9,10,11);1-3,7-9H. The van der Waals surface area contributed by atoms with Gasteiger partial charge in [0.05, 0.1) is 17.3 Å². The van der Waals surface area contributed by atoms with Crippen LogP contribution in [0.3, 0.4) is 0 Å². The first kappa shape index (κ1) is 47.8. The van der Waals surface area contributed by atoms with Gasteiger partial charge in [0.1, 0.15) is 0 Å². The van der Waals surface area contributed by atoms with E-state index < -0.39 is 36.1 Å². The summed E-state index contributed by atoms with van der Waals surface area (Å²) < 4.78 is 86.8. The predicted molar refractivity (Wildman–Crippen MR) is 181 cm³/mol. The number of aromatic hydroxyl groups is 3. The Hall–Kier alpha value is -1.65. The lowest BCUT2D eigenvalue weighted by molar-refractivity contribution is 0.368. The molecule has 1 rings (SSSR count). The minimum Gasteiger partial charge on any atom is -0.504 e. The van der Waals surface area contributed by atoms with Crippen LogP contribution in [0.4, 0.5) is 0 Å². The van der Waals surface area contributed by atoms with Crippen LogP contribution in [0.2, 0.25) is 0 Å². The summed E-state index contributed by atoms with van der Waals surface area (Å²) >= 11 is 0. The van der Waals surface area contributed by atoms with E-state index in [4.69, 9.17) is 29.0 Å². The molecule has 0 heterocycles. The maximum atomic E-state index is 10.3. The maximum absolute atomic E-state index is 10.3. The van der Waals surface area contributed by atoms with Crippen LogP contribution in [0.25, 0.3) is 0 Å². The van der Waals surface area contributed by atoms with Gasteiger partial charge in [0.15, 0.2) is 17.2 Å². The highest BCUT2D eigenvalue weighted by atomic mass is 32.2. The summed E-state index contributed by atoms with van der Waals surface area (Å²) in [6.07, 6.45) is 18.4. The normalized spacial score (nSPS) is 11.3. The lowest BCUT2D eigenvalue weighted by atomic mass is 10.1. The van der Waals surface area contributed by atoms with Gasteiger partial charge in [-0.3, -0.25) is 13.7 Å². The fourth-order valence-corrected chi connectivity index (χ4v) is 5.42. The summed E-state index contributed by atoms with van der Waals surface area (Å²) in [7, 11) is -11.2. The third-order valence-electron chi connectivity index (χ3n) is 6.26. The van der Waals surface area contributed by atoms with E-state index in [1.165, 1.54) is 76.0 Å². The van der Waals surface area contributed by atoms with Crippen molar-refractivity contribution in [2.45, 2.75) is 136 Å².